The summed E-state index contributed by atoms with van der Waals surface area (Å²) in [7, 11) is -4.10. The fraction of sp³-hybridized carbons (Fsp3) is 0.455. The van der Waals surface area contributed by atoms with Gasteiger partial charge in [-0.25, -0.2) is 13.1 Å². The summed E-state index contributed by atoms with van der Waals surface area (Å²) in [5, 5.41) is 20.1. The van der Waals surface area contributed by atoms with Crippen LogP contribution in [0.5, 0.6) is 0 Å². The molecule has 0 amide bonds. The highest BCUT2D eigenvalue weighted by Gasteiger charge is 2.29. The standard InChI is InChI=1S/C11H15BrN2O5S/c1-7(2)9(6-15)13-20(18,19)11-5-8(12)3-4-10(11)14(16)17/h3-5,7,9,13,15H,6H2,1-2H3. The first-order chi connectivity index (χ1) is 9.19. The topological polar surface area (TPSA) is 110 Å². The van der Waals surface area contributed by atoms with Crippen LogP contribution in [-0.4, -0.2) is 31.1 Å². The molecule has 1 atom stereocenters. The lowest BCUT2D eigenvalue weighted by Crippen LogP contribution is -2.41. The molecule has 0 aromatic heterocycles. The molecule has 0 heterocycles. The molecule has 112 valence electrons. The molecule has 0 spiro atoms. The minimum atomic E-state index is -4.10. The van der Waals surface area contributed by atoms with Gasteiger partial charge in [0, 0.05) is 16.6 Å². The van der Waals surface area contributed by atoms with Gasteiger partial charge in [0.05, 0.1) is 11.5 Å². The number of nitrogens with zero attached hydrogens (tertiary/aromatic N) is 1. The van der Waals surface area contributed by atoms with Crippen molar-refractivity contribution >= 4 is 31.6 Å². The van der Waals surface area contributed by atoms with E-state index >= 15 is 0 Å². The SMILES string of the molecule is CC(C)C(CO)NS(=O)(=O)c1cc(Br)ccc1[N+](=O)[O-]. The Morgan fingerprint density at radius 3 is 2.50 bits per heavy atom. The number of rotatable bonds is 6. The van der Waals surface area contributed by atoms with Gasteiger partial charge in [0.15, 0.2) is 4.90 Å². The van der Waals surface area contributed by atoms with Gasteiger partial charge in [0.2, 0.25) is 10.0 Å². The summed E-state index contributed by atoms with van der Waals surface area (Å²) >= 11 is 3.09. The lowest BCUT2D eigenvalue weighted by atomic mass is 10.1. The van der Waals surface area contributed by atoms with Gasteiger partial charge in [0.25, 0.3) is 5.69 Å². The summed E-state index contributed by atoms with van der Waals surface area (Å²) in [6.07, 6.45) is 0. The lowest BCUT2D eigenvalue weighted by molar-refractivity contribution is -0.387. The molecule has 0 bridgehead atoms. The number of sulfonamides is 1. The van der Waals surface area contributed by atoms with E-state index in [4.69, 9.17) is 5.11 Å². The van der Waals surface area contributed by atoms with E-state index in [2.05, 4.69) is 20.7 Å². The van der Waals surface area contributed by atoms with Crippen molar-refractivity contribution in [2.24, 2.45) is 5.92 Å². The zero-order valence-electron chi connectivity index (χ0n) is 10.9. The molecule has 1 aromatic carbocycles. The normalized spacial score (nSPS) is 13.4. The van der Waals surface area contributed by atoms with Crippen molar-refractivity contribution in [1.82, 2.24) is 4.72 Å². The lowest BCUT2D eigenvalue weighted by Gasteiger charge is -2.19. The molecule has 0 aliphatic heterocycles. The van der Waals surface area contributed by atoms with Crippen LogP contribution in [0.3, 0.4) is 0 Å². The smallest absolute Gasteiger partial charge is 0.289 e. The van der Waals surface area contributed by atoms with Crippen LogP contribution >= 0.6 is 15.9 Å². The van der Waals surface area contributed by atoms with E-state index < -0.39 is 38.2 Å². The molecular weight excluding hydrogens is 352 g/mol. The van der Waals surface area contributed by atoms with Crippen LogP contribution in [0, 0.1) is 16.0 Å². The van der Waals surface area contributed by atoms with Gasteiger partial charge in [-0.05, 0) is 18.1 Å². The van der Waals surface area contributed by atoms with Crippen molar-refractivity contribution in [3.8, 4) is 0 Å². The van der Waals surface area contributed by atoms with Crippen LogP contribution in [-0.2, 0) is 10.0 Å². The van der Waals surface area contributed by atoms with E-state index in [0.717, 1.165) is 12.1 Å². The molecule has 0 aliphatic rings. The Bertz CT molecular complexity index is 603. The van der Waals surface area contributed by atoms with Crippen molar-refractivity contribution in [2.45, 2.75) is 24.8 Å². The third-order valence-electron chi connectivity index (χ3n) is 2.72. The van der Waals surface area contributed by atoms with Gasteiger partial charge in [-0.3, -0.25) is 10.1 Å². The van der Waals surface area contributed by atoms with Gasteiger partial charge >= 0.3 is 0 Å². The van der Waals surface area contributed by atoms with E-state index in [1.54, 1.807) is 13.8 Å². The first-order valence-corrected chi connectivity index (χ1v) is 8.03. The fourth-order valence-corrected chi connectivity index (χ4v) is 3.59. The molecule has 1 aromatic rings. The highest BCUT2D eigenvalue weighted by Crippen LogP contribution is 2.27. The molecule has 0 saturated heterocycles. The Morgan fingerprint density at radius 1 is 1.45 bits per heavy atom. The maximum Gasteiger partial charge on any atom is 0.289 e. The van der Waals surface area contributed by atoms with Crippen molar-refractivity contribution in [1.29, 1.82) is 0 Å². The van der Waals surface area contributed by atoms with Crippen molar-refractivity contribution < 1.29 is 18.4 Å². The van der Waals surface area contributed by atoms with E-state index in [-0.39, 0.29) is 5.92 Å². The summed E-state index contributed by atoms with van der Waals surface area (Å²) in [6, 6.07) is 2.96. The predicted molar refractivity (Wildman–Crippen MR) is 76.8 cm³/mol. The average molecular weight is 367 g/mol. The second-order valence-electron chi connectivity index (χ2n) is 4.52. The van der Waals surface area contributed by atoms with Crippen LogP contribution in [0.25, 0.3) is 0 Å². The second kappa shape index (κ2) is 6.61. The molecule has 0 aliphatic carbocycles. The van der Waals surface area contributed by atoms with Crippen LogP contribution < -0.4 is 4.72 Å². The van der Waals surface area contributed by atoms with Gasteiger partial charge in [-0.1, -0.05) is 29.8 Å². The molecule has 1 unspecified atom stereocenters. The quantitative estimate of drug-likeness (QED) is 0.587. The molecule has 1 rings (SSSR count). The summed E-state index contributed by atoms with van der Waals surface area (Å²) < 4.78 is 27.2. The molecule has 0 fully saturated rings. The molecule has 0 saturated carbocycles. The van der Waals surface area contributed by atoms with Crippen LogP contribution in [0.1, 0.15) is 13.8 Å². The van der Waals surface area contributed by atoms with Gasteiger partial charge < -0.3 is 5.11 Å². The third-order valence-corrected chi connectivity index (χ3v) is 4.73. The first-order valence-electron chi connectivity index (χ1n) is 5.76. The summed E-state index contributed by atoms with van der Waals surface area (Å²) in [4.78, 5) is 9.72. The Kier molecular flexibility index (Phi) is 5.63. The monoisotopic (exact) mass is 366 g/mol. The predicted octanol–water partition coefficient (Wildman–Crippen LogP) is 1.65. The largest absolute Gasteiger partial charge is 0.395 e. The minimum Gasteiger partial charge on any atom is -0.395 e. The number of benzene rings is 1. The van der Waals surface area contributed by atoms with Crippen molar-refractivity contribution in [3.63, 3.8) is 0 Å². The Hall–Kier alpha value is -1.03. The van der Waals surface area contributed by atoms with Gasteiger partial charge in [-0.2, -0.15) is 0 Å². The molecule has 0 radical (unpaired) electrons. The van der Waals surface area contributed by atoms with Crippen molar-refractivity contribution in [3.05, 3.63) is 32.8 Å². The van der Waals surface area contributed by atoms with Gasteiger partial charge in [0.1, 0.15) is 0 Å². The minimum absolute atomic E-state index is 0.152. The Balaban J connectivity index is 3.28. The van der Waals surface area contributed by atoms with Crippen LogP contribution in [0.2, 0.25) is 0 Å². The number of nitro groups is 1. The number of hydrogen-bond donors (Lipinski definition) is 2. The first kappa shape index (κ1) is 17.0. The van der Waals surface area contributed by atoms with Crippen LogP contribution in [0.4, 0.5) is 5.69 Å². The Morgan fingerprint density at radius 2 is 2.05 bits per heavy atom. The number of aliphatic hydroxyl groups excluding tert-OH is 1. The number of hydrogen-bond acceptors (Lipinski definition) is 5. The number of aliphatic hydroxyl groups is 1. The highest BCUT2D eigenvalue weighted by molar-refractivity contribution is 9.10. The molecule has 20 heavy (non-hydrogen) atoms. The molecular formula is C11H15BrN2O5S. The average Bonchev–Trinajstić information content (AvgIpc) is 2.35. The summed E-state index contributed by atoms with van der Waals surface area (Å²) in [5.41, 5.74) is -0.513. The fourth-order valence-electron chi connectivity index (χ4n) is 1.50. The maximum absolute atomic E-state index is 12.2. The highest BCUT2D eigenvalue weighted by atomic mass is 79.9. The van der Waals surface area contributed by atoms with E-state index in [1.807, 2.05) is 0 Å². The Labute approximate surface area is 125 Å². The molecule has 9 heteroatoms. The van der Waals surface area contributed by atoms with Crippen molar-refractivity contribution in [2.75, 3.05) is 6.61 Å². The van der Waals surface area contributed by atoms with E-state index in [1.165, 1.54) is 6.07 Å². The zero-order chi connectivity index (χ0) is 15.5. The maximum atomic E-state index is 12.2. The molecule has 7 nitrogen and oxygen atoms in total. The summed E-state index contributed by atoms with van der Waals surface area (Å²) in [5.74, 6) is -0.152. The number of nitro benzene ring substituents is 1. The molecule has 2 N–H and O–H groups in total. The summed E-state index contributed by atoms with van der Waals surface area (Å²) in [6.45, 7) is 3.08. The zero-order valence-corrected chi connectivity index (χ0v) is 13.3. The number of halogens is 1. The van der Waals surface area contributed by atoms with Gasteiger partial charge in [-0.15, -0.1) is 0 Å². The third kappa shape index (κ3) is 3.98. The van der Waals surface area contributed by atoms with E-state index in [0.29, 0.717) is 4.47 Å². The van der Waals surface area contributed by atoms with E-state index in [9.17, 15) is 18.5 Å². The second-order valence-corrected chi connectivity index (χ2v) is 7.12. The van der Waals surface area contributed by atoms with Crippen LogP contribution in [0.15, 0.2) is 27.6 Å². The number of nitrogens with one attached hydrogen (secondary N) is 1.